The van der Waals surface area contributed by atoms with Crippen molar-refractivity contribution in [1.29, 1.82) is 0 Å². The first kappa shape index (κ1) is 18.6. The van der Waals surface area contributed by atoms with Crippen molar-refractivity contribution in [2.24, 2.45) is 0 Å². The van der Waals surface area contributed by atoms with E-state index >= 15 is 0 Å². The van der Waals surface area contributed by atoms with Gasteiger partial charge in [-0.1, -0.05) is 30.3 Å². The van der Waals surface area contributed by atoms with Crippen LogP contribution in [0.3, 0.4) is 0 Å². The molecule has 0 bridgehead atoms. The van der Waals surface area contributed by atoms with Crippen LogP contribution in [0.4, 0.5) is 0 Å². The lowest BCUT2D eigenvalue weighted by Crippen LogP contribution is -2.52. The normalized spacial score (nSPS) is 18.7. The van der Waals surface area contributed by atoms with E-state index in [1.54, 1.807) is 4.90 Å². The highest BCUT2D eigenvalue weighted by molar-refractivity contribution is 6.05. The van der Waals surface area contributed by atoms with Crippen molar-refractivity contribution >= 4 is 28.6 Å². The first-order chi connectivity index (χ1) is 14.6. The van der Waals surface area contributed by atoms with Crippen molar-refractivity contribution in [3.8, 4) is 0 Å². The number of hydrogen-bond donors (Lipinski definition) is 3. The predicted molar refractivity (Wildman–Crippen MR) is 111 cm³/mol. The molecule has 0 aliphatic carbocycles. The number of amides is 3. The Labute approximate surface area is 173 Å². The number of carbonyl (C=O) groups is 3. The number of H-pyrrole nitrogens is 1. The zero-order chi connectivity index (χ0) is 20.7. The Balaban J connectivity index is 1.24. The quantitative estimate of drug-likeness (QED) is 0.571. The molecule has 7 nitrogen and oxygen atoms in total. The summed E-state index contributed by atoms with van der Waals surface area (Å²) in [5, 5.41) is 6.96. The van der Waals surface area contributed by atoms with Gasteiger partial charge < -0.3 is 15.2 Å². The van der Waals surface area contributed by atoms with Gasteiger partial charge in [0, 0.05) is 42.8 Å². The highest BCUT2D eigenvalue weighted by Crippen LogP contribution is 2.28. The summed E-state index contributed by atoms with van der Waals surface area (Å²) in [6.45, 7) is 1.79. The minimum absolute atomic E-state index is 0.142. The second-order valence-electron chi connectivity index (χ2n) is 7.88. The van der Waals surface area contributed by atoms with Crippen LogP contribution >= 0.6 is 0 Å². The zero-order valence-corrected chi connectivity index (χ0v) is 16.4. The van der Waals surface area contributed by atoms with E-state index < -0.39 is 6.04 Å². The molecule has 0 radical (unpaired) electrons. The number of rotatable bonds is 5. The minimum Gasteiger partial charge on any atom is -0.357 e. The number of fused-ring (bicyclic) bond motifs is 2. The van der Waals surface area contributed by atoms with Crippen LogP contribution in [0.25, 0.3) is 10.9 Å². The summed E-state index contributed by atoms with van der Waals surface area (Å²) in [5.41, 5.74) is 4.90. The molecule has 0 saturated carbocycles. The van der Waals surface area contributed by atoms with Gasteiger partial charge in [0.1, 0.15) is 6.04 Å². The average molecular weight is 402 g/mol. The number of nitrogens with zero attached hydrogens (tertiary/aromatic N) is 1. The first-order valence-electron chi connectivity index (χ1n) is 10.1. The van der Waals surface area contributed by atoms with Crippen molar-refractivity contribution < 1.29 is 14.4 Å². The maximum absolute atomic E-state index is 12.8. The number of hydrogen-bond acceptors (Lipinski definition) is 4. The molecule has 1 atom stereocenters. The molecule has 3 heterocycles. The summed E-state index contributed by atoms with van der Waals surface area (Å²) in [6, 6.07) is 15.6. The Kier molecular flexibility index (Phi) is 4.59. The van der Waals surface area contributed by atoms with E-state index in [2.05, 4.69) is 33.8 Å². The summed E-state index contributed by atoms with van der Waals surface area (Å²) < 4.78 is 0. The van der Waals surface area contributed by atoms with Crippen LogP contribution in [-0.4, -0.2) is 33.6 Å². The summed E-state index contributed by atoms with van der Waals surface area (Å²) in [4.78, 5) is 41.3. The van der Waals surface area contributed by atoms with Gasteiger partial charge in [-0.05, 0) is 41.1 Å². The zero-order valence-electron chi connectivity index (χ0n) is 16.4. The van der Waals surface area contributed by atoms with E-state index in [9.17, 15) is 14.4 Å². The Morgan fingerprint density at radius 2 is 1.90 bits per heavy atom. The van der Waals surface area contributed by atoms with Crippen molar-refractivity contribution in [2.45, 2.75) is 38.5 Å². The molecular formula is C23H22N4O3. The molecule has 1 fully saturated rings. The van der Waals surface area contributed by atoms with Crippen LogP contribution in [0.5, 0.6) is 0 Å². The molecule has 1 saturated heterocycles. The van der Waals surface area contributed by atoms with E-state index in [-0.39, 0.29) is 24.1 Å². The van der Waals surface area contributed by atoms with Crippen LogP contribution in [-0.2, 0) is 29.2 Å². The predicted octanol–water partition coefficient (Wildman–Crippen LogP) is 2.22. The number of para-hydroxylation sites is 1. The highest BCUT2D eigenvalue weighted by Gasteiger charge is 2.38. The Bertz CT molecular complexity index is 1130. The molecule has 0 spiro atoms. The molecule has 2 aliphatic heterocycles. The second kappa shape index (κ2) is 7.42. The molecule has 30 heavy (non-hydrogen) atoms. The maximum atomic E-state index is 12.8. The maximum Gasteiger partial charge on any atom is 0.255 e. The lowest BCUT2D eigenvalue weighted by Gasteiger charge is -2.29. The van der Waals surface area contributed by atoms with Crippen molar-refractivity contribution in [3.63, 3.8) is 0 Å². The van der Waals surface area contributed by atoms with Crippen molar-refractivity contribution in [1.82, 2.24) is 20.5 Å². The summed E-state index contributed by atoms with van der Waals surface area (Å²) >= 11 is 0. The molecule has 1 aromatic heterocycles. The molecule has 152 valence electrons. The summed E-state index contributed by atoms with van der Waals surface area (Å²) in [5.74, 6) is -0.798. The standard InChI is InChI=1S/C23H22N4O3/c28-21-8-7-20(22(29)26-21)27-13-16-9-14(5-6-18(16)23(27)30)11-24-12-17-10-15-3-1-2-4-19(15)25-17/h1-6,9-10,20,24-25H,7-8,11-13H2,(H,26,28,29). The minimum atomic E-state index is -0.578. The monoisotopic (exact) mass is 402 g/mol. The molecule has 2 aromatic carbocycles. The van der Waals surface area contributed by atoms with Crippen LogP contribution in [0.15, 0.2) is 48.5 Å². The second-order valence-corrected chi connectivity index (χ2v) is 7.88. The van der Waals surface area contributed by atoms with Crippen molar-refractivity contribution in [2.75, 3.05) is 0 Å². The molecule has 3 amide bonds. The number of carbonyl (C=O) groups excluding carboxylic acids is 3. The van der Waals surface area contributed by atoms with Gasteiger partial charge in [-0.3, -0.25) is 19.7 Å². The highest BCUT2D eigenvalue weighted by atomic mass is 16.2. The summed E-state index contributed by atoms with van der Waals surface area (Å²) in [6.07, 6.45) is 0.642. The van der Waals surface area contributed by atoms with Gasteiger partial charge in [-0.15, -0.1) is 0 Å². The van der Waals surface area contributed by atoms with Crippen LogP contribution < -0.4 is 10.6 Å². The van der Waals surface area contributed by atoms with E-state index in [1.165, 1.54) is 5.39 Å². The van der Waals surface area contributed by atoms with Crippen LogP contribution in [0, 0.1) is 0 Å². The lowest BCUT2D eigenvalue weighted by atomic mass is 10.0. The Morgan fingerprint density at radius 1 is 1.03 bits per heavy atom. The molecule has 5 rings (SSSR count). The molecule has 3 N–H and O–H groups in total. The molecular weight excluding hydrogens is 380 g/mol. The van der Waals surface area contributed by atoms with E-state index in [1.807, 2.05) is 30.3 Å². The number of aromatic amines is 1. The van der Waals surface area contributed by atoms with Gasteiger partial charge in [0.05, 0.1) is 0 Å². The lowest BCUT2D eigenvalue weighted by molar-refractivity contribution is -0.136. The number of benzene rings is 2. The fourth-order valence-corrected chi connectivity index (χ4v) is 4.31. The third kappa shape index (κ3) is 3.37. The Hall–Kier alpha value is -3.45. The van der Waals surface area contributed by atoms with Gasteiger partial charge >= 0.3 is 0 Å². The van der Waals surface area contributed by atoms with E-state index in [0.717, 1.165) is 22.3 Å². The smallest absolute Gasteiger partial charge is 0.255 e. The third-order valence-electron chi connectivity index (χ3n) is 5.82. The fraction of sp³-hybridized carbons (Fsp3) is 0.261. The molecule has 7 heteroatoms. The van der Waals surface area contributed by atoms with Gasteiger partial charge in [-0.25, -0.2) is 0 Å². The number of nitrogens with one attached hydrogen (secondary N) is 3. The Morgan fingerprint density at radius 3 is 2.73 bits per heavy atom. The molecule has 2 aliphatic rings. The van der Waals surface area contributed by atoms with Gasteiger partial charge in [0.2, 0.25) is 11.8 Å². The van der Waals surface area contributed by atoms with Crippen LogP contribution in [0.1, 0.15) is 40.0 Å². The summed E-state index contributed by atoms with van der Waals surface area (Å²) in [7, 11) is 0. The fourth-order valence-electron chi connectivity index (χ4n) is 4.31. The number of piperidine rings is 1. The van der Waals surface area contributed by atoms with E-state index in [0.29, 0.717) is 31.6 Å². The first-order valence-corrected chi connectivity index (χ1v) is 10.1. The van der Waals surface area contributed by atoms with Crippen molar-refractivity contribution in [3.05, 3.63) is 70.9 Å². The van der Waals surface area contributed by atoms with Gasteiger partial charge in [-0.2, -0.15) is 0 Å². The largest absolute Gasteiger partial charge is 0.357 e. The van der Waals surface area contributed by atoms with Crippen LogP contribution in [0.2, 0.25) is 0 Å². The molecule has 1 unspecified atom stereocenters. The van der Waals surface area contributed by atoms with Gasteiger partial charge in [0.25, 0.3) is 5.91 Å². The topological polar surface area (TPSA) is 94.3 Å². The number of imide groups is 1. The van der Waals surface area contributed by atoms with E-state index in [4.69, 9.17) is 0 Å². The molecule has 3 aromatic rings. The third-order valence-corrected chi connectivity index (χ3v) is 5.82. The average Bonchev–Trinajstić information content (AvgIpc) is 3.28. The number of aromatic nitrogens is 1. The SMILES string of the molecule is O=C1CCC(N2Cc3cc(CNCc4cc5ccccc5[nH]4)ccc3C2=O)C(=O)N1. The van der Waals surface area contributed by atoms with Gasteiger partial charge in [0.15, 0.2) is 0 Å².